The average molecular weight is 493 g/mol. The molecule has 4 rings (SSSR count). The second-order valence-electron chi connectivity index (χ2n) is 8.96. The second-order valence-corrected chi connectivity index (χ2v) is 11.7. The lowest BCUT2D eigenvalue weighted by atomic mass is 9.93. The van der Waals surface area contributed by atoms with Crippen LogP contribution in [0, 0.1) is 6.92 Å². The molecule has 0 aliphatic carbocycles. The van der Waals surface area contributed by atoms with E-state index < -0.39 is 27.3 Å². The molecule has 0 amide bonds. The molecule has 34 heavy (non-hydrogen) atoms. The Morgan fingerprint density at radius 2 is 1.91 bits per heavy atom. The fourth-order valence-electron chi connectivity index (χ4n) is 4.69. The molecule has 0 saturated carbocycles. The Bertz CT molecular complexity index is 1400. The van der Waals surface area contributed by atoms with Crippen molar-refractivity contribution in [2.75, 3.05) is 16.8 Å². The van der Waals surface area contributed by atoms with Crippen molar-refractivity contribution < 1.29 is 17.4 Å². The van der Waals surface area contributed by atoms with Gasteiger partial charge in [0.05, 0.1) is 17.0 Å². The van der Waals surface area contributed by atoms with Crippen LogP contribution in [0.4, 0.5) is 19.0 Å². The topological polar surface area (TPSA) is 76.9 Å². The highest BCUT2D eigenvalue weighted by atomic mass is 32.2. The van der Waals surface area contributed by atoms with Crippen molar-refractivity contribution in [2.24, 2.45) is 7.05 Å². The summed E-state index contributed by atoms with van der Waals surface area (Å²) in [5.74, 6) is 5.13. The normalized spacial score (nSPS) is 22.0. The van der Waals surface area contributed by atoms with Crippen molar-refractivity contribution in [3.63, 3.8) is 0 Å². The van der Waals surface area contributed by atoms with Gasteiger partial charge in [0, 0.05) is 24.1 Å². The fourth-order valence-corrected chi connectivity index (χ4v) is 6.32. The Balaban J connectivity index is 1.74. The fraction of sp³-hybridized carbons (Fsp3) is 0.417. The van der Waals surface area contributed by atoms with Crippen molar-refractivity contribution in [3.8, 4) is 0 Å². The molecule has 10 heteroatoms. The van der Waals surface area contributed by atoms with Crippen molar-refractivity contribution in [1.82, 2.24) is 14.5 Å². The van der Waals surface area contributed by atoms with Gasteiger partial charge in [-0.1, -0.05) is 12.1 Å². The average Bonchev–Trinajstić information content (AvgIpc) is 2.76. The van der Waals surface area contributed by atoms with Crippen molar-refractivity contribution >= 4 is 32.2 Å². The first-order valence-electron chi connectivity index (χ1n) is 11.0. The minimum absolute atomic E-state index is 0.0457. The van der Waals surface area contributed by atoms with Crippen LogP contribution in [0.3, 0.4) is 0 Å². The molecular formula is C24H27F3N4O2S. The number of anilines is 1. The summed E-state index contributed by atoms with van der Waals surface area (Å²) in [6.45, 7) is 3.23. The smallest absolute Gasteiger partial charge is 0.363 e. The van der Waals surface area contributed by atoms with Gasteiger partial charge >= 0.3 is 6.18 Å². The zero-order chi connectivity index (χ0) is 24.8. The Labute approximate surface area is 196 Å². The largest absolute Gasteiger partial charge is 0.416 e. The van der Waals surface area contributed by atoms with E-state index >= 15 is 0 Å². The highest BCUT2D eigenvalue weighted by Crippen LogP contribution is 2.36. The third-order valence-electron chi connectivity index (χ3n) is 6.65. The lowest BCUT2D eigenvalue weighted by Crippen LogP contribution is -2.29. The first-order chi connectivity index (χ1) is 15.9. The van der Waals surface area contributed by atoms with Crippen LogP contribution in [0.2, 0.25) is 0 Å². The van der Waals surface area contributed by atoms with E-state index in [2.05, 4.69) is 21.2 Å². The Kier molecular flexibility index (Phi) is 6.22. The molecule has 1 aliphatic rings. The number of alkyl halides is 3. The number of halogens is 3. The number of hydrogen-bond donors (Lipinski definition) is 1. The van der Waals surface area contributed by atoms with E-state index in [9.17, 15) is 22.2 Å². The Morgan fingerprint density at radius 1 is 1.24 bits per heavy atom. The van der Waals surface area contributed by atoms with Gasteiger partial charge in [-0.2, -0.15) is 13.2 Å². The SMILES string of the molecule is C=S1(=O)CCC(c2cc3c(N[C@H](C)c4cccc(C(F)(F)F)c4C)ncnc3n(C)c2=O)CC1. The molecule has 1 aromatic carbocycles. The summed E-state index contributed by atoms with van der Waals surface area (Å²) in [4.78, 5) is 21.7. The Morgan fingerprint density at radius 3 is 2.56 bits per heavy atom. The molecule has 0 unspecified atom stereocenters. The number of aromatic nitrogens is 3. The number of fused-ring (bicyclic) bond motifs is 1. The van der Waals surface area contributed by atoms with Crippen LogP contribution >= 0.6 is 0 Å². The van der Waals surface area contributed by atoms with Crippen molar-refractivity contribution in [3.05, 3.63) is 63.2 Å². The zero-order valence-corrected chi connectivity index (χ0v) is 20.1. The molecule has 182 valence electrons. The number of pyridine rings is 1. The summed E-state index contributed by atoms with van der Waals surface area (Å²) in [6.07, 6.45) is -1.89. The van der Waals surface area contributed by atoms with E-state index in [0.717, 1.165) is 6.07 Å². The van der Waals surface area contributed by atoms with E-state index in [4.69, 9.17) is 0 Å². The number of aryl methyl sites for hydroxylation is 1. The maximum atomic E-state index is 13.4. The molecule has 6 nitrogen and oxygen atoms in total. The summed E-state index contributed by atoms with van der Waals surface area (Å²) in [5.41, 5.74) is 0.850. The van der Waals surface area contributed by atoms with Gasteiger partial charge in [-0.25, -0.2) is 9.97 Å². The third kappa shape index (κ3) is 4.55. The number of rotatable bonds is 4. The van der Waals surface area contributed by atoms with Crippen LogP contribution in [-0.2, 0) is 22.7 Å². The molecule has 0 spiro atoms. The standard InChI is InChI=1S/C24H27F3N4O2S/c1-14-17(6-5-7-20(14)24(25,26)27)15(2)30-21-19-12-18(16-8-10-34(4,33)11-9-16)23(32)31(3)22(19)29-13-28-21/h5-7,12-13,15-16H,4,8-11H2,1-3H3,(H,28,29,30)/t15-,16?,34?/m1/s1. The number of nitrogens with one attached hydrogen (secondary N) is 1. The summed E-state index contributed by atoms with van der Waals surface area (Å²) in [5, 5.41) is 3.83. The van der Waals surface area contributed by atoms with Crippen LogP contribution in [0.25, 0.3) is 11.0 Å². The molecule has 1 N–H and O–H groups in total. The van der Waals surface area contributed by atoms with Gasteiger partial charge in [0.25, 0.3) is 5.56 Å². The van der Waals surface area contributed by atoms with Gasteiger partial charge in [0.15, 0.2) is 0 Å². The summed E-state index contributed by atoms with van der Waals surface area (Å²) in [7, 11) is -0.450. The van der Waals surface area contributed by atoms with Crippen LogP contribution in [0.1, 0.15) is 54.0 Å². The van der Waals surface area contributed by atoms with E-state index in [1.165, 1.54) is 23.9 Å². The first kappa shape index (κ1) is 24.3. The molecule has 0 bridgehead atoms. The minimum Gasteiger partial charge on any atom is -0.363 e. The molecule has 0 radical (unpaired) electrons. The van der Waals surface area contributed by atoms with Crippen LogP contribution < -0.4 is 10.9 Å². The van der Waals surface area contributed by atoms with E-state index in [0.29, 0.717) is 52.3 Å². The third-order valence-corrected chi connectivity index (χ3v) is 8.61. The predicted octanol–water partition coefficient (Wildman–Crippen LogP) is 4.42. The second kappa shape index (κ2) is 8.72. The molecule has 1 saturated heterocycles. The highest BCUT2D eigenvalue weighted by molar-refractivity contribution is 8.00. The predicted molar refractivity (Wildman–Crippen MR) is 130 cm³/mol. The maximum absolute atomic E-state index is 13.4. The molecule has 3 heterocycles. The molecule has 3 aromatic rings. The molecule has 2 aromatic heterocycles. The summed E-state index contributed by atoms with van der Waals surface area (Å²) in [6, 6.07) is 5.42. The van der Waals surface area contributed by atoms with Gasteiger partial charge in [0.2, 0.25) is 0 Å². The van der Waals surface area contributed by atoms with Crippen molar-refractivity contribution in [1.29, 1.82) is 0 Å². The van der Waals surface area contributed by atoms with E-state index in [-0.39, 0.29) is 17.0 Å². The lowest BCUT2D eigenvalue weighted by Gasteiger charge is -2.25. The molecular weight excluding hydrogens is 465 g/mol. The molecule has 1 fully saturated rings. The summed E-state index contributed by atoms with van der Waals surface area (Å²) >= 11 is 0. The summed E-state index contributed by atoms with van der Waals surface area (Å²) < 4.78 is 53.9. The van der Waals surface area contributed by atoms with Crippen molar-refractivity contribution in [2.45, 2.75) is 44.8 Å². The maximum Gasteiger partial charge on any atom is 0.416 e. The molecule has 1 aliphatic heterocycles. The lowest BCUT2D eigenvalue weighted by molar-refractivity contribution is -0.138. The number of benzene rings is 1. The Hall–Kier alpha value is -2.88. The van der Waals surface area contributed by atoms with E-state index in [1.807, 2.05) is 0 Å². The number of hydrogen-bond acceptors (Lipinski definition) is 5. The molecule has 1 atom stereocenters. The minimum atomic E-state index is -4.44. The van der Waals surface area contributed by atoms with Crippen LogP contribution in [0.15, 0.2) is 35.4 Å². The van der Waals surface area contributed by atoms with Gasteiger partial charge in [0.1, 0.15) is 17.8 Å². The zero-order valence-electron chi connectivity index (χ0n) is 19.3. The number of nitrogens with zero attached hydrogens (tertiary/aromatic N) is 3. The highest BCUT2D eigenvalue weighted by Gasteiger charge is 2.33. The first-order valence-corrected chi connectivity index (χ1v) is 13.1. The van der Waals surface area contributed by atoms with Gasteiger partial charge in [-0.15, -0.1) is 0 Å². The van der Waals surface area contributed by atoms with E-state index in [1.54, 1.807) is 26.1 Å². The van der Waals surface area contributed by atoms with Crippen LogP contribution in [-0.4, -0.2) is 36.1 Å². The van der Waals surface area contributed by atoms with Gasteiger partial charge in [-0.05, 0) is 71.3 Å². The van der Waals surface area contributed by atoms with Crippen LogP contribution in [0.5, 0.6) is 0 Å². The quantitative estimate of drug-likeness (QED) is 0.546. The monoisotopic (exact) mass is 492 g/mol. The van der Waals surface area contributed by atoms with Gasteiger partial charge in [-0.3, -0.25) is 13.6 Å². The van der Waals surface area contributed by atoms with Gasteiger partial charge < -0.3 is 5.32 Å².